The smallest absolute Gasteiger partial charge is 0.0491 e. The van der Waals surface area contributed by atoms with Gasteiger partial charge < -0.3 is 4.90 Å². The summed E-state index contributed by atoms with van der Waals surface area (Å²) in [5.41, 5.74) is 1.19. The first-order chi connectivity index (χ1) is 11.3. The van der Waals surface area contributed by atoms with Crippen molar-refractivity contribution in [3.8, 4) is 0 Å². The van der Waals surface area contributed by atoms with E-state index in [1.54, 1.807) is 6.08 Å². The van der Waals surface area contributed by atoms with Crippen molar-refractivity contribution in [1.82, 2.24) is 0 Å². The van der Waals surface area contributed by atoms with Gasteiger partial charge in [0.15, 0.2) is 0 Å². The Morgan fingerprint density at radius 2 is 1.74 bits per heavy atom. The summed E-state index contributed by atoms with van der Waals surface area (Å²) in [5.74, 6) is 0. The van der Waals surface area contributed by atoms with E-state index in [-0.39, 0.29) is 0 Å². The molecule has 0 radical (unpaired) electrons. The van der Waals surface area contributed by atoms with E-state index in [2.05, 4.69) is 79.2 Å². The molecule has 0 saturated heterocycles. The molecule has 0 aliphatic carbocycles. The minimum atomic E-state index is 0.295. The normalized spacial score (nSPS) is 12.7. The first kappa shape index (κ1) is 20.7. The summed E-state index contributed by atoms with van der Waals surface area (Å²) in [5, 5.41) is 0. The highest BCUT2D eigenvalue weighted by molar-refractivity contribution is 5.51. The van der Waals surface area contributed by atoms with Gasteiger partial charge in [-0.2, -0.15) is 0 Å². The van der Waals surface area contributed by atoms with Crippen LogP contribution in [0.4, 0.5) is 5.69 Å². The van der Waals surface area contributed by atoms with Crippen LogP contribution in [0.25, 0.3) is 0 Å². The molecule has 1 heteroatoms. The van der Waals surface area contributed by atoms with E-state index in [4.69, 9.17) is 0 Å². The van der Waals surface area contributed by atoms with Crippen LogP contribution in [0.3, 0.4) is 0 Å². The van der Waals surface area contributed by atoms with Gasteiger partial charge in [0.25, 0.3) is 0 Å². The lowest BCUT2D eigenvalue weighted by molar-refractivity contribution is 0.855. The first-order valence-corrected chi connectivity index (χ1v) is 8.36. The zero-order chi connectivity index (χ0) is 17.3. The van der Waals surface area contributed by atoms with Crippen molar-refractivity contribution >= 4 is 5.69 Å². The summed E-state index contributed by atoms with van der Waals surface area (Å²) in [7, 11) is 0. The van der Waals surface area contributed by atoms with Crippen LogP contribution < -0.4 is 4.90 Å². The number of hydrogen-bond acceptors (Lipinski definition) is 1. The largest absolute Gasteiger partial charge is 0.342 e. The molecule has 0 saturated carbocycles. The molecule has 0 heterocycles. The molecule has 1 unspecified atom stereocenters. The molecule has 0 aliphatic heterocycles. The van der Waals surface area contributed by atoms with E-state index in [0.717, 1.165) is 6.42 Å². The van der Waals surface area contributed by atoms with Crippen LogP contribution in [0.2, 0.25) is 0 Å². The fourth-order valence-electron chi connectivity index (χ4n) is 1.91. The molecule has 0 bridgehead atoms. The van der Waals surface area contributed by atoms with Gasteiger partial charge in [-0.25, -0.2) is 0 Å². The molecule has 1 aromatic rings. The van der Waals surface area contributed by atoms with E-state index in [0.29, 0.717) is 6.04 Å². The molecule has 0 aliphatic rings. The van der Waals surface area contributed by atoms with Crippen LogP contribution in [-0.2, 0) is 0 Å². The van der Waals surface area contributed by atoms with Gasteiger partial charge in [0, 0.05) is 17.9 Å². The molecule has 1 aromatic carbocycles. The number of benzene rings is 1. The van der Waals surface area contributed by atoms with Crippen molar-refractivity contribution < 1.29 is 0 Å². The summed E-state index contributed by atoms with van der Waals surface area (Å²) in [6.07, 6.45) is 19.4. The highest BCUT2D eigenvalue weighted by Gasteiger charge is 2.07. The van der Waals surface area contributed by atoms with Crippen molar-refractivity contribution in [1.29, 1.82) is 0 Å². The Bertz CT molecular complexity index is 506. The third-order valence-corrected chi connectivity index (χ3v) is 3.00. The predicted octanol–water partition coefficient (Wildman–Crippen LogP) is 6.69. The molecule has 124 valence electrons. The second kappa shape index (κ2) is 14.6. The Morgan fingerprint density at radius 3 is 2.35 bits per heavy atom. The Hall–Kier alpha value is -2.28. The fraction of sp³-hybridized carbons (Fsp3) is 0.273. The first-order valence-electron chi connectivity index (χ1n) is 8.36. The maximum absolute atomic E-state index is 3.67. The molecule has 0 aromatic heterocycles. The molecule has 1 nitrogen and oxygen atoms in total. The van der Waals surface area contributed by atoms with E-state index in [9.17, 15) is 0 Å². The number of allylic oxidation sites excluding steroid dienone is 7. The molecular weight excluding hydrogens is 278 g/mol. The van der Waals surface area contributed by atoms with Gasteiger partial charge in [-0.1, -0.05) is 87.2 Å². The minimum Gasteiger partial charge on any atom is -0.342 e. The molecular formula is C22H31N. The van der Waals surface area contributed by atoms with Crippen molar-refractivity contribution in [3.63, 3.8) is 0 Å². The Labute approximate surface area is 143 Å². The lowest BCUT2D eigenvalue weighted by Crippen LogP contribution is -2.25. The van der Waals surface area contributed by atoms with Gasteiger partial charge in [0.1, 0.15) is 0 Å². The molecule has 23 heavy (non-hydrogen) atoms. The summed E-state index contributed by atoms with van der Waals surface area (Å²) >= 11 is 0. The standard InChI is InChI=1S/C20H25N.C2H6/c1-4-6-8-9-14-18-21(19(3)15-11-7-5-2)20-16-12-10-13-17-20;1-2/h4-8,10-19H,1,9H2,2-3H3;1-2H3/b7-5-,8-6?,15-11-,18-14+;. The van der Waals surface area contributed by atoms with Crippen LogP contribution in [0, 0.1) is 0 Å². The van der Waals surface area contributed by atoms with E-state index in [1.807, 2.05) is 39.0 Å². The highest BCUT2D eigenvalue weighted by Crippen LogP contribution is 2.18. The zero-order valence-electron chi connectivity index (χ0n) is 15.0. The Balaban J connectivity index is 0.00000232. The predicted molar refractivity (Wildman–Crippen MR) is 107 cm³/mol. The van der Waals surface area contributed by atoms with Gasteiger partial charge >= 0.3 is 0 Å². The SMILES string of the molecule is C=CC=CC/C=C/N(c1ccccc1)C(C)/C=C\C=C/C.CC. The second-order valence-electron chi connectivity index (χ2n) is 4.68. The third kappa shape index (κ3) is 9.36. The summed E-state index contributed by atoms with van der Waals surface area (Å²) < 4.78 is 0. The number of anilines is 1. The highest BCUT2D eigenvalue weighted by atomic mass is 15.1. The van der Waals surface area contributed by atoms with Crippen molar-refractivity contribution in [3.05, 3.63) is 91.7 Å². The number of nitrogens with zero attached hydrogens (tertiary/aromatic N) is 1. The Morgan fingerprint density at radius 1 is 1.04 bits per heavy atom. The molecule has 0 N–H and O–H groups in total. The molecule has 0 spiro atoms. The van der Waals surface area contributed by atoms with Gasteiger partial charge in [-0.05, 0) is 32.4 Å². The van der Waals surface area contributed by atoms with Crippen molar-refractivity contribution in [2.75, 3.05) is 4.90 Å². The summed E-state index contributed by atoms with van der Waals surface area (Å²) in [4.78, 5) is 2.27. The number of hydrogen-bond donors (Lipinski definition) is 0. The van der Waals surface area contributed by atoms with Crippen molar-refractivity contribution in [2.45, 2.75) is 40.2 Å². The number of para-hydroxylation sites is 1. The van der Waals surface area contributed by atoms with Crippen LogP contribution in [0.15, 0.2) is 91.7 Å². The lowest BCUT2D eigenvalue weighted by atomic mass is 10.2. The van der Waals surface area contributed by atoms with E-state index in [1.165, 1.54) is 5.69 Å². The second-order valence-corrected chi connectivity index (χ2v) is 4.68. The topological polar surface area (TPSA) is 3.24 Å². The van der Waals surface area contributed by atoms with Crippen LogP contribution in [0.5, 0.6) is 0 Å². The molecule has 1 atom stereocenters. The maximum atomic E-state index is 3.67. The van der Waals surface area contributed by atoms with Crippen LogP contribution in [0.1, 0.15) is 34.1 Å². The minimum absolute atomic E-state index is 0.295. The van der Waals surface area contributed by atoms with Gasteiger partial charge in [0.2, 0.25) is 0 Å². The number of rotatable bonds is 8. The fourth-order valence-corrected chi connectivity index (χ4v) is 1.91. The van der Waals surface area contributed by atoms with Crippen molar-refractivity contribution in [2.24, 2.45) is 0 Å². The summed E-state index contributed by atoms with van der Waals surface area (Å²) in [6, 6.07) is 10.7. The summed E-state index contributed by atoms with van der Waals surface area (Å²) in [6.45, 7) is 11.9. The third-order valence-electron chi connectivity index (χ3n) is 3.00. The average Bonchev–Trinajstić information content (AvgIpc) is 2.61. The monoisotopic (exact) mass is 309 g/mol. The lowest BCUT2D eigenvalue weighted by Gasteiger charge is -2.25. The molecule has 1 rings (SSSR count). The quantitative estimate of drug-likeness (QED) is 0.484. The average molecular weight is 309 g/mol. The van der Waals surface area contributed by atoms with Gasteiger partial charge in [-0.15, -0.1) is 0 Å². The maximum Gasteiger partial charge on any atom is 0.0491 e. The van der Waals surface area contributed by atoms with Gasteiger partial charge in [-0.3, -0.25) is 0 Å². The van der Waals surface area contributed by atoms with E-state index < -0.39 is 0 Å². The van der Waals surface area contributed by atoms with Gasteiger partial charge in [0.05, 0.1) is 0 Å². The molecule has 0 fully saturated rings. The van der Waals surface area contributed by atoms with Crippen LogP contribution in [-0.4, -0.2) is 6.04 Å². The zero-order valence-corrected chi connectivity index (χ0v) is 15.0. The van der Waals surface area contributed by atoms with E-state index >= 15 is 0 Å². The Kier molecular flexibility index (Phi) is 13.2. The van der Waals surface area contributed by atoms with Crippen LogP contribution >= 0.6 is 0 Å². The molecule has 0 amide bonds.